The van der Waals surface area contributed by atoms with Crippen LogP contribution in [0.4, 0.5) is 0 Å². The van der Waals surface area contributed by atoms with Gasteiger partial charge in [-0.3, -0.25) is 9.59 Å². The Hall–Kier alpha value is -1.15. The summed E-state index contributed by atoms with van der Waals surface area (Å²) in [5, 5.41) is 8.88. The van der Waals surface area contributed by atoms with E-state index in [9.17, 15) is 18.0 Å². The van der Waals surface area contributed by atoms with Gasteiger partial charge >= 0.3 is 11.9 Å². The number of aliphatic carboxylic acids is 1. The molecule has 0 aliphatic carbocycles. The molecule has 0 heterocycles. The molecule has 0 spiro atoms. The first kappa shape index (κ1) is 16.9. The zero-order chi connectivity index (χ0) is 14.3. The molecule has 0 aromatic carbocycles. The Morgan fingerprint density at radius 2 is 1.89 bits per heavy atom. The average molecular weight is 281 g/mol. The van der Waals surface area contributed by atoms with Crippen molar-refractivity contribution in [3.63, 3.8) is 0 Å². The molecule has 0 saturated heterocycles. The fourth-order valence-electron chi connectivity index (χ4n) is 1.30. The Bertz CT molecular complexity index is 389. The highest BCUT2D eigenvalue weighted by Gasteiger charge is 2.25. The van der Waals surface area contributed by atoms with E-state index >= 15 is 0 Å². The van der Waals surface area contributed by atoms with Crippen LogP contribution in [0.2, 0.25) is 0 Å². The van der Waals surface area contributed by atoms with Crippen LogP contribution in [-0.4, -0.2) is 44.4 Å². The van der Waals surface area contributed by atoms with Crippen LogP contribution in [-0.2, 0) is 24.3 Å². The van der Waals surface area contributed by atoms with Gasteiger partial charge in [0.2, 0.25) is 10.0 Å². The summed E-state index contributed by atoms with van der Waals surface area (Å²) in [6, 6.07) is -1.31. The maximum absolute atomic E-state index is 11.6. The predicted molar refractivity (Wildman–Crippen MR) is 64.4 cm³/mol. The third kappa shape index (κ3) is 7.23. The number of hydrogen-bond acceptors (Lipinski definition) is 5. The molecule has 0 aromatic heterocycles. The number of hydrogen-bond donors (Lipinski definition) is 2. The maximum Gasteiger partial charge on any atom is 0.321 e. The van der Waals surface area contributed by atoms with Gasteiger partial charge in [0.05, 0.1) is 12.9 Å². The third-order valence-corrected chi connectivity index (χ3v) is 3.79. The molecule has 0 fully saturated rings. The summed E-state index contributed by atoms with van der Waals surface area (Å²) in [5.41, 5.74) is 0. The van der Waals surface area contributed by atoms with Crippen LogP contribution >= 0.6 is 0 Å². The summed E-state index contributed by atoms with van der Waals surface area (Å²) < 4.78 is 29.6. The lowest BCUT2D eigenvalue weighted by atomic mass is 10.2. The lowest BCUT2D eigenvalue weighted by molar-refractivity contribution is -0.142. The summed E-state index contributed by atoms with van der Waals surface area (Å²) >= 11 is 0. The van der Waals surface area contributed by atoms with Gasteiger partial charge in [-0.15, -0.1) is 0 Å². The lowest BCUT2D eigenvalue weighted by Crippen LogP contribution is -2.42. The summed E-state index contributed by atoms with van der Waals surface area (Å²) in [4.78, 5) is 21.8. The molecule has 0 saturated carbocycles. The fourth-order valence-corrected chi connectivity index (χ4v) is 2.93. The first-order chi connectivity index (χ1) is 8.18. The Morgan fingerprint density at radius 1 is 1.33 bits per heavy atom. The van der Waals surface area contributed by atoms with Gasteiger partial charge in [-0.1, -0.05) is 13.8 Å². The van der Waals surface area contributed by atoms with E-state index in [1.54, 1.807) is 13.8 Å². The number of methoxy groups -OCH3 is 1. The van der Waals surface area contributed by atoms with Gasteiger partial charge < -0.3 is 9.84 Å². The summed E-state index contributed by atoms with van der Waals surface area (Å²) in [5.74, 6) is -2.16. The molecule has 2 N–H and O–H groups in total. The van der Waals surface area contributed by atoms with Gasteiger partial charge in [0.15, 0.2) is 0 Å². The van der Waals surface area contributed by atoms with Crippen LogP contribution in [0.5, 0.6) is 0 Å². The lowest BCUT2D eigenvalue weighted by Gasteiger charge is -2.15. The monoisotopic (exact) mass is 281 g/mol. The zero-order valence-electron chi connectivity index (χ0n) is 10.7. The summed E-state index contributed by atoms with van der Waals surface area (Å²) in [7, 11) is -2.48. The molecule has 0 aliphatic heterocycles. The molecule has 0 unspecified atom stereocenters. The van der Waals surface area contributed by atoms with Crippen molar-refractivity contribution in [2.75, 3.05) is 12.9 Å². The second kappa shape index (κ2) is 7.32. The number of ether oxygens (including phenoxy) is 1. The van der Waals surface area contributed by atoms with Crippen molar-refractivity contribution < 1.29 is 27.9 Å². The molecule has 0 amide bonds. The second-order valence-corrected chi connectivity index (χ2v) is 6.10. The molecule has 0 bridgehead atoms. The van der Waals surface area contributed by atoms with Crippen molar-refractivity contribution in [2.45, 2.75) is 32.7 Å². The van der Waals surface area contributed by atoms with E-state index in [-0.39, 0.29) is 24.5 Å². The van der Waals surface area contributed by atoms with Crippen molar-refractivity contribution in [1.82, 2.24) is 4.72 Å². The molecule has 18 heavy (non-hydrogen) atoms. The van der Waals surface area contributed by atoms with Crippen LogP contribution < -0.4 is 4.72 Å². The van der Waals surface area contributed by atoms with E-state index in [2.05, 4.69) is 9.46 Å². The first-order valence-electron chi connectivity index (χ1n) is 5.47. The maximum atomic E-state index is 11.6. The molecule has 0 aromatic rings. The molecule has 1 atom stereocenters. The highest BCUT2D eigenvalue weighted by molar-refractivity contribution is 7.89. The van der Waals surface area contributed by atoms with E-state index in [0.29, 0.717) is 0 Å². The number of carboxylic acids is 1. The molecule has 106 valence electrons. The number of nitrogens with one attached hydrogen (secondary N) is 1. The molecular formula is C10H19NO6S. The zero-order valence-corrected chi connectivity index (χ0v) is 11.5. The standard InChI is InChI=1S/C10H19NO6S/c1-7(2)6-18(15,16)11-8(10(13)14)4-5-9(12)17-3/h7-8,11H,4-6H2,1-3H3,(H,13,14)/t8-/m1/s1. The molecule has 0 aliphatic rings. The van der Waals surface area contributed by atoms with Crippen LogP contribution in [0.3, 0.4) is 0 Å². The highest BCUT2D eigenvalue weighted by Crippen LogP contribution is 2.04. The molecule has 0 radical (unpaired) electrons. The first-order valence-corrected chi connectivity index (χ1v) is 7.12. The summed E-state index contributed by atoms with van der Waals surface area (Å²) in [6.07, 6.45) is -0.295. The largest absolute Gasteiger partial charge is 0.480 e. The number of sulfonamides is 1. The predicted octanol–water partition coefficient (Wildman–Crippen LogP) is -0.0318. The Morgan fingerprint density at radius 3 is 2.28 bits per heavy atom. The smallest absolute Gasteiger partial charge is 0.321 e. The van der Waals surface area contributed by atoms with E-state index in [0.717, 1.165) is 0 Å². The number of rotatable bonds is 8. The minimum absolute atomic E-state index is 0.113. The van der Waals surface area contributed by atoms with Gasteiger partial charge in [0, 0.05) is 6.42 Å². The minimum atomic E-state index is -3.66. The normalized spacial score (nSPS) is 13.3. The third-order valence-electron chi connectivity index (χ3n) is 2.04. The van der Waals surface area contributed by atoms with Crippen LogP contribution in [0.1, 0.15) is 26.7 Å². The minimum Gasteiger partial charge on any atom is -0.480 e. The Kier molecular flexibility index (Phi) is 6.85. The molecule has 8 heteroatoms. The average Bonchev–Trinajstić information content (AvgIpc) is 2.21. The van der Waals surface area contributed by atoms with Gasteiger partial charge in [-0.05, 0) is 12.3 Å². The second-order valence-electron chi connectivity index (χ2n) is 4.30. The van der Waals surface area contributed by atoms with Gasteiger partial charge in [0.1, 0.15) is 6.04 Å². The van der Waals surface area contributed by atoms with Gasteiger partial charge in [-0.25, -0.2) is 13.1 Å². The van der Waals surface area contributed by atoms with Crippen LogP contribution in [0.15, 0.2) is 0 Å². The number of carbonyl (C=O) groups is 2. The molecule has 7 nitrogen and oxygen atoms in total. The fraction of sp³-hybridized carbons (Fsp3) is 0.800. The molecular weight excluding hydrogens is 262 g/mol. The van der Waals surface area contributed by atoms with Crippen molar-refractivity contribution in [1.29, 1.82) is 0 Å². The Balaban J connectivity index is 4.54. The van der Waals surface area contributed by atoms with Crippen molar-refractivity contribution in [2.24, 2.45) is 5.92 Å². The van der Waals surface area contributed by atoms with Gasteiger partial charge in [0.25, 0.3) is 0 Å². The number of esters is 1. The topological polar surface area (TPSA) is 110 Å². The van der Waals surface area contributed by atoms with Crippen LogP contribution in [0, 0.1) is 5.92 Å². The van der Waals surface area contributed by atoms with E-state index in [1.165, 1.54) is 7.11 Å². The van der Waals surface area contributed by atoms with E-state index in [4.69, 9.17) is 5.11 Å². The quantitative estimate of drug-likeness (QED) is 0.604. The van der Waals surface area contributed by atoms with Crippen LogP contribution in [0.25, 0.3) is 0 Å². The van der Waals surface area contributed by atoms with Gasteiger partial charge in [-0.2, -0.15) is 0 Å². The van der Waals surface area contributed by atoms with Crippen molar-refractivity contribution in [3.8, 4) is 0 Å². The highest BCUT2D eigenvalue weighted by atomic mass is 32.2. The Labute approximate surface area is 107 Å². The van der Waals surface area contributed by atoms with Crippen molar-refractivity contribution in [3.05, 3.63) is 0 Å². The number of carboxylic acid groups (broad SMARTS) is 1. The SMILES string of the molecule is COC(=O)CC[C@@H](NS(=O)(=O)CC(C)C)C(=O)O. The van der Waals surface area contributed by atoms with E-state index < -0.39 is 28.0 Å². The number of carbonyl (C=O) groups excluding carboxylic acids is 1. The van der Waals surface area contributed by atoms with Crippen molar-refractivity contribution >= 4 is 22.0 Å². The molecule has 0 rings (SSSR count). The van der Waals surface area contributed by atoms with E-state index in [1.807, 2.05) is 0 Å². The summed E-state index contributed by atoms with van der Waals surface area (Å²) in [6.45, 7) is 3.42.